The predicted molar refractivity (Wildman–Crippen MR) is 100 cm³/mol. The van der Waals surface area contributed by atoms with Crippen LogP contribution in [0.3, 0.4) is 0 Å². The van der Waals surface area contributed by atoms with E-state index >= 15 is 0 Å². The van der Waals surface area contributed by atoms with Crippen LogP contribution in [0.1, 0.15) is 12.5 Å². The molecular weight excluding hydrogens is 385 g/mol. The van der Waals surface area contributed by atoms with Crippen molar-refractivity contribution in [2.45, 2.75) is 12.5 Å². The summed E-state index contributed by atoms with van der Waals surface area (Å²) in [4.78, 5) is 22.3. The van der Waals surface area contributed by atoms with Crippen LogP contribution in [0.5, 0.6) is 5.75 Å². The van der Waals surface area contributed by atoms with E-state index in [0.29, 0.717) is 23.4 Å². The van der Waals surface area contributed by atoms with Crippen molar-refractivity contribution in [2.75, 3.05) is 18.9 Å². The number of anilines is 1. The fourth-order valence-corrected chi connectivity index (χ4v) is 4.32. The molecule has 0 amide bonds. The van der Waals surface area contributed by atoms with Crippen molar-refractivity contribution in [1.82, 2.24) is 19.5 Å². The number of nitrogen functional groups attached to an aromatic ring is 1. The number of hydrogen-bond donors (Lipinski definition) is 3. The Bertz CT molecular complexity index is 1010. The Morgan fingerprint density at radius 1 is 1.25 bits per heavy atom. The minimum absolute atomic E-state index is 0.00785. The lowest BCUT2D eigenvalue weighted by Crippen LogP contribution is -2.42. The second-order valence-corrected chi connectivity index (χ2v) is 8.04. The number of nitrogens with two attached hydrogens (primary N) is 1. The summed E-state index contributed by atoms with van der Waals surface area (Å²) in [6, 6.07) is 8.23. The minimum Gasteiger partial charge on any atom is -0.404 e. The van der Waals surface area contributed by atoms with Gasteiger partial charge in [-0.2, -0.15) is 0 Å². The summed E-state index contributed by atoms with van der Waals surface area (Å²) < 4.78 is 24.2. The number of nitrogens with zero attached hydrogens (tertiary/aromatic N) is 4. The maximum absolute atomic E-state index is 12.1. The third kappa shape index (κ3) is 3.59. The molecule has 2 heterocycles. The number of rotatable bonds is 7. The van der Waals surface area contributed by atoms with Crippen molar-refractivity contribution in [3.8, 4) is 5.75 Å². The molecule has 4 atom stereocenters. The first kappa shape index (κ1) is 18.8. The maximum Gasteiger partial charge on any atom is 0.527 e. The molecule has 3 aromatic rings. The maximum atomic E-state index is 12.1. The summed E-state index contributed by atoms with van der Waals surface area (Å²) in [5.74, 6) is 0.264. The van der Waals surface area contributed by atoms with Crippen LogP contribution in [-0.4, -0.2) is 42.7 Å². The van der Waals surface area contributed by atoms with Crippen molar-refractivity contribution >= 4 is 24.8 Å². The zero-order chi connectivity index (χ0) is 19.7. The van der Waals surface area contributed by atoms with E-state index in [9.17, 15) is 14.6 Å². The van der Waals surface area contributed by atoms with Crippen LogP contribution in [0.2, 0.25) is 0 Å². The van der Waals surface area contributed by atoms with Gasteiger partial charge in [0, 0.05) is 18.6 Å². The number of para-hydroxylation sites is 1. The summed E-state index contributed by atoms with van der Waals surface area (Å²) >= 11 is 0. The molecule has 28 heavy (non-hydrogen) atoms. The highest BCUT2D eigenvalue weighted by molar-refractivity contribution is 7.47. The van der Waals surface area contributed by atoms with Gasteiger partial charge in [-0.3, -0.25) is 9.42 Å². The summed E-state index contributed by atoms with van der Waals surface area (Å²) in [7, 11) is -4.25. The SMILES string of the molecule is Nc1ncnc2c1ncn2C1CC(COP(=O)(O)Oc2ccccc2)C1CO. The first-order valence-corrected chi connectivity index (χ1v) is 10.2. The molecule has 1 aliphatic carbocycles. The third-order valence-corrected chi connectivity index (χ3v) is 5.93. The van der Waals surface area contributed by atoms with E-state index in [4.69, 9.17) is 14.8 Å². The lowest BCUT2D eigenvalue weighted by atomic mass is 9.70. The summed E-state index contributed by atoms with van der Waals surface area (Å²) in [6.07, 6.45) is 3.62. The number of fused-ring (bicyclic) bond motifs is 1. The molecule has 4 rings (SSSR count). The van der Waals surface area contributed by atoms with Crippen molar-refractivity contribution in [2.24, 2.45) is 11.8 Å². The van der Waals surface area contributed by atoms with Gasteiger partial charge in [-0.1, -0.05) is 18.2 Å². The lowest BCUT2D eigenvalue weighted by molar-refractivity contribution is -0.00488. The summed E-state index contributed by atoms with van der Waals surface area (Å²) in [6.45, 7) is -0.111. The summed E-state index contributed by atoms with van der Waals surface area (Å²) in [5.41, 5.74) is 6.92. The molecule has 0 radical (unpaired) electrons. The van der Waals surface area contributed by atoms with Crippen LogP contribution in [0.15, 0.2) is 43.0 Å². The van der Waals surface area contributed by atoms with Gasteiger partial charge < -0.3 is 19.9 Å². The van der Waals surface area contributed by atoms with Crippen molar-refractivity contribution in [3.63, 3.8) is 0 Å². The normalized spacial score (nSPS) is 23.9. The highest BCUT2D eigenvalue weighted by Gasteiger charge is 2.43. The first-order chi connectivity index (χ1) is 13.5. The van der Waals surface area contributed by atoms with Gasteiger partial charge in [0.05, 0.1) is 12.9 Å². The number of hydrogen-bond acceptors (Lipinski definition) is 8. The Balaban J connectivity index is 1.41. The molecule has 1 aliphatic rings. The molecular formula is C17H20N5O5P. The Morgan fingerprint density at radius 3 is 2.79 bits per heavy atom. The van der Waals surface area contributed by atoms with Crippen LogP contribution in [0.4, 0.5) is 5.82 Å². The van der Waals surface area contributed by atoms with Gasteiger partial charge in [-0.25, -0.2) is 19.5 Å². The first-order valence-electron chi connectivity index (χ1n) is 8.74. The number of aliphatic hydroxyl groups excluding tert-OH is 1. The highest BCUT2D eigenvalue weighted by Crippen LogP contribution is 2.49. The zero-order valence-corrected chi connectivity index (χ0v) is 15.7. The van der Waals surface area contributed by atoms with Crippen LogP contribution >= 0.6 is 7.82 Å². The number of benzene rings is 1. The molecule has 4 unspecified atom stereocenters. The van der Waals surface area contributed by atoms with Gasteiger partial charge >= 0.3 is 7.82 Å². The monoisotopic (exact) mass is 405 g/mol. The van der Waals surface area contributed by atoms with E-state index in [-0.39, 0.29) is 36.8 Å². The van der Waals surface area contributed by atoms with Gasteiger partial charge in [0.1, 0.15) is 17.6 Å². The molecule has 1 fully saturated rings. The molecule has 0 spiro atoms. The largest absolute Gasteiger partial charge is 0.527 e. The fraction of sp³-hybridized carbons (Fsp3) is 0.353. The molecule has 2 aromatic heterocycles. The van der Waals surface area contributed by atoms with Gasteiger partial charge in [-0.15, -0.1) is 0 Å². The zero-order valence-electron chi connectivity index (χ0n) is 14.8. The van der Waals surface area contributed by atoms with Gasteiger partial charge in [0.25, 0.3) is 0 Å². The van der Waals surface area contributed by atoms with E-state index in [1.165, 1.54) is 6.33 Å². The number of phosphoric acid groups is 1. The molecule has 0 aliphatic heterocycles. The van der Waals surface area contributed by atoms with Crippen molar-refractivity contribution < 1.29 is 23.6 Å². The molecule has 1 saturated carbocycles. The van der Waals surface area contributed by atoms with E-state index in [1.807, 2.05) is 4.57 Å². The van der Waals surface area contributed by atoms with Crippen LogP contribution in [0.25, 0.3) is 11.2 Å². The summed E-state index contributed by atoms with van der Waals surface area (Å²) in [5, 5.41) is 9.81. The lowest BCUT2D eigenvalue weighted by Gasteiger charge is -2.44. The van der Waals surface area contributed by atoms with Gasteiger partial charge in [0.2, 0.25) is 0 Å². The molecule has 4 N–H and O–H groups in total. The molecule has 148 valence electrons. The van der Waals surface area contributed by atoms with E-state index in [2.05, 4.69) is 15.0 Å². The van der Waals surface area contributed by atoms with Crippen LogP contribution in [0, 0.1) is 11.8 Å². The van der Waals surface area contributed by atoms with Crippen molar-refractivity contribution in [3.05, 3.63) is 43.0 Å². The molecule has 11 heteroatoms. The standard InChI is InChI=1S/C17H20N5O5P/c18-16-15-17(20-9-19-16)22(10-21-15)14-6-11(13(14)7-23)8-26-28(24,25)27-12-4-2-1-3-5-12/h1-5,9-11,13-14,23H,6-8H2,(H,24,25)(H2,18,19,20). The van der Waals surface area contributed by atoms with Crippen molar-refractivity contribution in [1.29, 1.82) is 0 Å². The second kappa shape index (κ2) is 7.48. The number of phosphoric ester groups is 1. The highest BCUT2D eigenvalue weighted by atomic mass is 31.2. The Hall–Kier alpha value is -2.52. The quantitative estimate of drug-likeness (QED) is 0.501. The molecule has 0 saturated heterocycles. The molecule has 0 bridgehead atoms. The average molecular weight is 405 g/mol. The van der Waals surface area contributed by atoms with E-state index < -0.39 is 7.82 Å². The fourth-order valence-electron chi connectivity index (χ4n) is 3.50. The second-order valence-electron chi connectivity index (χ2n) is 6.66. The Labute approximate surface area is 160 Å². The molecule has 10 nitrogen and oxygen atoms in total. The van der Waals surface area contributed by atoms with Crippen LogP contribution < -0.4 is 10.3 Å². The topological polar surface area (TPSA) is 146 Å². The van der Waals surface area contributed by atoms with E-state index in [1.54, 1.807) is 36.7 Å². The van der Waals surface area contributed by atoms with Crippen LogP contribution in [-0.2, 0) is 9.09 Å². The Kier molecular flexibility index (Phi) is 5.03. The third-order valence-electron chi connectivity index (χ3n) is 5.01. The van der Waals surface area contributed by atoms with Gasteiger partial charge in [-0.05, 0) is 24.5 Å². The van der Waals surface area contributed by atoms with Gasteiger partial charge in [0.15, 0.2) is 11.5 Å². The number of aromatic nitrogens is 4. The smallest absolute Gasteiger partial charge is 0.404 e. The Morgan fingerprint density at radius 2 is 2.04 bits per heavy atom. The average Bonchev–Trinajstić information content (AvgIpc) is 3.07. The minimum atomic E-state index is -4.25. The number of imidazole rings is 1. The predicted octanol–water partition coefficient (Wildman–Crippen LogP) is 1.77. The number of aliphatic hydroxyl groups is 1. The molecule has 1 aromatic carbocycles. The van der Waals surface area contributed by atoms with E-state index in [0.717, 1.165) is 0 Å².